The van der Waals surface area contributed by atoms with Crippen LogP contribution in [0, 0.1) is 0 Å². The molecule has 0 unspecified atom stereocenters. The zero-order chi connectivity index (χ0) is 19.2. The summed E-state index contributed by atoms with van der Waals surface area (Å²) in [5, 5.41) is 0.818. The molecule has 4 aromatic rings. The molecule has 7 heteroatoms. The maximum Gasteiger partial charge on any atom is 0.416 e. The molecule has 2 aromatic carbocycles. The molecule has 0 saturated carbocycles. The molecule has 0 bridgehead atoms. The summed E-state index contributed by atoms with van der Waals surface area (Å²) in [6, 6.07) is 13.1. The predicted octanol–water partition coefficient (Wildman–Crippen LogP) is 4.80. The molecule has 0 aliphatic carbocycles. The molecule has 0 amide bonds. The van der Waals surface area contributed by atoms with Gasteiger partial charge in [-0.05, 0) is 17.7 Å². The van der Waals surface area contributed by atoms with Gasteiger partial charge in [-0.1, -0.05) is 43.3 Å². The van der Waals surface area contributed by atoms with Crippen LogP contribution in [0.5, 0.6) is 0 Å². The average molecular weight is 370 g/mol. The van der Waals surface area contributed by atoms with E-state index >= 15 is 0 Å². The summed E-state index contributed by atoms with van der Waals surface area (Å²) >= 11 is 0. The molecular formula is C20H17F3N4. The van der Waals surface area contributed by atoms with Gasteiger partial charge in [0.25, 0.3) is 0 Å². The number of aromatic nitrogens is 3. The summed E-state index contributed by atoms with van der Waals surface area (Å²) in [6.45, 7) is 1.97. The van der Waals surface area contributed by atoms with Crippen LogP contribution in [0.15, 0.2) is 48.5 Å². The first-order valence-corrected chi connectivity index (χ1v) is 8.58. The van der Waals surface area contributed by atoms with Gasteiger partial charge >= 0.3 is 6.18 Å². The number of pyridine rings is 1. The third-order valence-corrected chi connectivity index (χ3v) is 4.66. The minimum atomic E-state index is -4.41. The lowest BCUT2D eigenvalue weighted by molar-refractivity contribution is -0.138. The number of rotatable bonds is 3. The highest BCUT2D eigenvalue weighted by Gasteiger charge is 2.33. The fraction of sp³-hybridized carbons (Fsp3) is 0.200. The fourth-order valence-electron chi connectivity index (χ4n) is 3.45. The second kappa shape index (κ2) is 6.26. The van der Waals surface area contributed by atoms with E-state index in [0.29, 0.717) is 28.8 Å². The van der Waals surface area contributed by atoms with E-state index in [9.17, 15) is 13.2 Å². The molecule has 0 saturated heterocycles. The Hall–Kier alpha value is -3.09. The van der Waals surface area contributed by atoms with E-state index in [4.69, 9.17) is 5.73 Å². The van der Waals surface area contributed by atoms with Gasteiger partial charge in [0.1, 0.15) is 11.3 Å². The number of nitrogens with two attached hydrogens (primary N) is 1. The SMILES string of the molecule is CCc1nc2c(N)nc3ccccc3c2n1Cc1ccccc1C(F)(F)F. The Balaban J connectivity index is 2.00. The molecule has 27 heavy (non-hydrogen) atoms. The van der Waals surface area contributed by atoms with E-state index in [2.05, 4.69) is 9.97 Å². The van der Waals surface area contributed by atoms with Gasteiger partial charge in [0.15, 0.2) is 5.82 Å². The predicted molar refractivity (Wildman–Crippen MR) is 99.4 cm³/mol. The molecule has 2 heterocycles. The van der Waals surface area contributed by atoms with Gasteiger partial charge in [0, 0.05) is 18.4 Å². The average Bonchev–Trinajstić information content (AvgIpc) is 3.01. The Kier molecular flexibility index (Phi) is 4.02. The van der Waals surface area contributed by atoms with Crippen molar-refractivity contribution in [1.29, 1.82) is 0 Å². The summed E-state index contributed by atoms with van der Waals surface area (Å²) < 4.78 is 42.1. The molecule has 2 aromatic heterocycles. The largest absolute Gasteiger partial charge is 0.416 e. The number of benzene rings is 2. The summed E-state index contributed by atoms with van der Waals surface area (Å²) in [4.78, 5) is 8.94. The first kappa shape index (κ1) is 17.3. The number of fused-ring (bicyclic) bond motifs is 3. The van der Waals surface area contributed by atoms with E-state index < -0.39 is 11.7 Å². The van der Waals surface area contributed by atoms with Gasteiger partial charge < -0.3 is 10.3 Å². The van der Waals surface area contributed by atoms with Crippen molar-refractivity contribution in [3.8, 4) is 0 Å². The standard InChI is InChI=1S/C20H17F3N4/c1-2-16-26-17-18(13-8-4-6-10-15(13)25-19(17)24)27(16)11-12-7-3-5-9-14(12)20(21,22)23/h3-10H,2,11H2,1H3,(H2,24,25). The lowest BCUT2D eigenvalue weighted by Crippen LogP contribution is -2.13. The first-order chi connectivity index (χ1) is 12.9. The van der Waals surface area contributed by atoms with Crippen molar-refractivity contribution in [2.45, 2.75) is 26.1 Å². The number of hydrogen-bond acceptors (Lipinski definition) is 3. The lowest BCUT2D eigenvalue weighted by atomic mass is 10.1. The molecule has 0 aliphatic heterocycles. The monoisotopic (exact) mass is 370 g/mol. The third-order valence-electron chi connectivity index (χ3n) is 4.66. The fourth-order valence-corrected chi connectivity index (χ4v) is 3.45. The van der Waals surface area contributed by atoms with Gasteiger partial charge in [-0.15, -0.1) is 0 Å². The number of anilines is 1. The smallest absolute Gasteiger partial charge is 0.382 e. The minimum Gasteiger partial charge on any atom is -0.382 e. The molecule has 2 N–H and O–H groups in total. The van der Waals surface area contributed by atoms with Crippen molar-refractivity contribution in [2.24, 2.45) is 0 Å². The van der Waals surface area contributed by atoms with Crippen molar-refractivity contribution < 1.29 is 13.2 Å². The summed E-state index contributed by atoms with van der Waals surface area (Å²) in [6.07, 6.45) is -3.85. The molecule has 0 fully saturated rings. The number of imidazole rings is 1. The number of halogens is 3. The second-order valence-corrected chi connectivity index (χ2v) is 6.33. The Bertz CT molecular complexity index is 1150. The molecule has 0 spiro atoms. The van der Waals surface area contributed by atoms with Crippen LogP contribution in [0.4, 0.5) is 19.0 Å². The zero-order valence-electron chi connectivity index (χ0n) is 14.6. The molecule has 4 nitrogen and oxygen atoms in total. The van der Waals surface area contributed by atoms with E-state index in [1.807, 2.05) is 35.8 Å². The van der Waals surface area contributed by atoms with Gasteiger partial charge in [-0.2, -0.15) is 13.2 Å². The lowest BCUT2D eigenvalue weighted by Gasteiger charge is -2.15. The van der Waals surface area contributed by atoms with Crippen LogP contribution in [0.3, 0.4) is 0 Å². The van der Waals surface area contributed by atoms with Crippen molar-refractivity contribution >= 4 is 27.8 Å². The van der Waals surface area contributed by atoms with Gasteiger partial charge in [-0.25, -0.2) is 9.97 Å². The maximum atomic E-state index is 13.4. The van der Waals surface area contributed by atoms with Gasteiger partial charge in [0.2, 0.25) is 0 Å². The molecular weight excluding hydrogens is 353 g/mol. The highest BCUT2D eigenvalue weighted by Crippen LogP contribution is 2.34. The molecule has 0 aliphatic rings. The molecule has 138 valence electrons. The van der Waals surface area contributed by atoms with Crippen LogP contribution >= 0.6 is 0 Å². The van der Waals surface area contributed by atoms with Crippen LogP contribution < -0.4 is 5.73 Å². The van der Waals surface area contributed by atoms with Crippen molar-refractivity contribution in [2.75, 3.05) is 5.73 Å². The van der Waals surface area contributed by atoms with E-state index in [-0.39, 0.29) is 17.9 Å². The zero-order valence-corrected chi connectivity index (χ0v) is 14.6. The third kappa shape index (κ3) is 2.89. The van der Waals surface area contributed by atoms with Crippen LogP contribution in [0.2, 0.25) is 0 Å². The Morgan fingerprint density at radius 3 is 2.44 bits per heavy atom. The highest BCUT2D eigenvalue weighted by molar-refractivity contribution is 6.06. The summed E-state index contributed by atoms with van der Waals surface area (Å²) in [5.74, 6) is 0.952. The van der Waals surface area contributed by atoms with Crippen molar-refractivity contribution in [3.05, 3.63) is 65.5 Å². The van der Waals surface area contributed by atoms with E-state index in [0.717, 1.165) is 11.5 Å². The summed E-state index contributed by atoms with van der Waals surface area (Å²) in [5.41, 5.74) is 7.57. The van der Waals surface area contributed by atoms with Crippen molar-refractivity contribution in [3.63, 3.8) is 0 Å². The number of aryl methyl sites for hydroxylation is 1. The Labute approximate surface area is 153 Å². The van der Waals surface area contributed by atoms with Crippen LogP contribution in [0.25, 0.3) is 21.9 Å². The van der Waals surface area contributed by atoms with Gasteiger partial charge in [0.05, 0.1) is 16.6 Å². The number of para-hydroxylation sites is 1. The molecule has 4 rings (SSSR count). The van der Waals surface area contributed by atoms with Crippen LogP contribution in [-0.4, -0.2) is 14.5 Å². The number of alkyl halides is 3. The Morgan fingerprint density at radius 2 is 1.70 bits per heavy atom. The second-order valence-electron chi connectivity index (χ2n) is 6.33. The molecule has 0 radical (unpaired) electrons. The number of hydrogen-bond donors (Lipinski definition) is 1. The number of nitrogens with zero attached hydrogens (tertiary/aromatic N) is 3. The van der Waals surface area contributed by atoms with Gasteiger partial charge in [-0.3, -0.25) is 0 Å². The number of nitrogen functional groups attached to an aromatic ring is 1. The van der Waals surface area contributed by atoms with Crippen molar-refractivity contribution in [1.82, 2.24) is 14.5 Å². The Morgan fingerprint density at radius 1 is 1.00 bits per heavy atom. The topological polar surface area (TPSA) is 56.7 Å². The quantitative estimate of drug-likeness (QED) is 0.564. The minimum absolute atomic E-state index is 0.0583. The van der Waals surface area contributed by atoms with Crippen LogP contribution in [-0.2, 0) is 19.1 Å². The summed E-state index contributed by atoms with van der Waals surface area (Å²) in [7, 11) is 0. The molecule has 0 atom stereocenters. The first-order valence-electron chi connectivity index (χ1n) is 8.58. The van der Waals surface area contributed by atoms with Crippen LogP contribution in [0.1, 0.15) is 23.9 Å². The van der Waals surface area contributed by atoms with E-state index in [1.165, 1.54) is 12.1 Å². The normalized spacial score (nSPS) is 12.1. The highest BCUT2D eigenvalue weighted by atomic mass is 19.4. The maximum absolute atomic E-state index is 13.4. The van der Waals surface area contributed by atoms with E-state index in [1.54, 1.807) is 6.07 Å².